The number of aromatic nitrogens is 2. The molecule has 1 aromatic heterocycles. The summed E-state index contributed by atoms with van der Waals surface area (Å²) in [5.41, 5.74) is 1.39. The zero-order valence-corrected chi connectivity index (χ0v) is 10.2. The Kier molecular flexibility index (Phi) is 4.06. The van der Waals surface area contributed by atoms with Gasteiger partial charge in [0.1, 0.15) is 12.1 Å². The molecule has 1 rings (SSSR count). The highest BCUT2D eigenvalue weighted by Crippen LogP contribution is 2.14. The van der Waals surface area contributed by atoms with Crippen molar-refractivity contribution in [1.82, 2.24) is 9.97 Å². The van der Waals surface area contributed by atoms with E-state index < -0.39 is 0 Å². The Balaban J connectivity index is 2.57. The summed E-state index contributed by atoms with van der Waals surface area (Å²) in [7, 11) is 0. The monoisotopic (exact) mass is 207 g/mol. The normalized spacial score (nSPS) is 11.5. The summed E-state index contributed by atoms with van der Waals surface area (Å²) in [6.07, 6.45) is 3.78. The molecule has 3 heteroatoms. The molecule has 1 aromatic rings. The van der Waals surface area contributed by atoms with Crippen molar-refractivity contribution in [1.29, 1.82) is 0 Å². The van der Waals surface area contributed by atoms with Crippen molar-refractivity contribution < 1.29 is 0 Å². The summed E-state index contributed by atoms with van der Waals surface area (Å²) < 4.78 is 0. The molecule has 0 radical (unpaired) electrons. The van der Waals surface area contributed by atoms with Gasteiger partial charge in [0.05, 0.1) is 0 Å². The van der Waals surface area contributed by atoms with E-state index in [1.165, 1.54) is 0 Å². The molecular formula is C12H21N3. The third kappa shape index (κ3) is 4.77. The van der Waals surface area contributed by atoms with Crippen LogP contribution < -0.4 is 5.32 Å². The van der Waals surface area contributed by atoms with Crippen LogP contribution >= 0.6 is 0 Å². The summed E-state index contributed by atoms with van der Waals surface area (Å²) in [6.45, 7) is 9.69. The third-order valence-corrected chi connectivity index (χ3v) is 2.03. The van der Waals surface area contributed by atoms with Gasteiger partial charge in [0.2, 0.25) is 0 Å². The maximum absolute atomic E-state index is 4.22. The van der Waals surface area contributed by atoms with Gasteiger partial charge in [-0.2, -0.15) is 0 Å². The molecule has 84 valence electrons. The SMILES string of the molecule is CCCc1cc(NCC(C)(C)C)ncn1. The molecule has 0 spiro atoms. The Labute approximate surface area is 92.3 Å². The van der Waals surface area contributed by atoms with Crippen molar-refractivity contribution >= 4 is 5.82 Å². The summed E-state index contributed by atoms with van der Waals surface area (Å²) in [5.74, 6) is 0.934. The topological polar surface area (TPSA) is 37.8 Å². The van der Waals surface area contributed by atoms with E-state index in [2.05, 4.69) is 43.0 Å². The molecule has 0 aliphatic rings. The maximum atomic E-state index is 4.22. The van der Waals surface area contributed by atoms with Gasteiger partial charge in [0.25, 0.3) is 0 Å². The van der Waals surface area contributed by atoms with Gasteiger partial charge in [-0.3, -0.25) is 0 Å². The molecule has 0 aromatic carbocycles. The van der Waals surface area contributed by atoms with Gasteiger partial charge in [0.15, 0.2) is 0 Å². The minimum Gasteiger partial charge on any atom is -0.369 e. The van der Waals surface area contributed by atoms with Crippen LogP contribution in [0, 0.1) is 5.41 Å². The van der Waals surface area contributed by atoms with Crippen LogP contribution in [0.3, 0.4) is 0 Å². The molecule has 0 fully saturated rings. The maximum Gasteiger partial charge on any atom is 0.129 e. The minimum atomic E-state index is 0.274. The van der Waals surface area contributed by atoms with E-state index in [1.54, 1.807) is 6.33 Å². The lowest BCUT2D eigenvalue weighted by atomic mass is 9.97. The number of nitrogens with zero attached hydrogens (tertiary/aromatic N) is 2. The van der Waals surface area contributed by atoms with Gasteiger partial charge in [-0.1, -0.05) is 34.1 Å². The molecule has 0 saturated heterocycles. The van der Waals surface area contributed by atoms with Gasteiger partial charge in [-0.05, 0) is 11.8 Å². The van der Waals surface area contributed by atoms with Crippen molar-refractivity contribution in [2.24, 2.45) is 5.41 Å². The van der Waals surface area contributed by atoms with Crippen LogP contribution in [0.4, 0.5) is 5.82 Å². The first-order valence-electron chi connectivity index (χ1n) is 5.56. The fourth-order valence-corrected chi connectivity index (χ4v) is 1.24. The van der Waals surface area contributed by atoms with Crippen LogP contribution in [0.15, 0.2) is 12.4 Å². The molecule has 0 aliphatic heterocycles. The van der Waals surface area contributed by atoms with Gasteiger partial charge < -0.3 is 5.32 Å². The molecule has 15 heavy (non-hydrogen) atoms. The highest BCUT2D eigenvalue weighted by atomic mass is 15.0. The molecule has 0 aliphatic carbocycles. The predicted molar refractivity (Wildman–Crippen MR) is 64.0 cm³/mol. The summed E-state index contributed by atoms with van der Waals surface area (Å²) in [5, 5.41) is 3.33. The lowest BCUT2D eigenvalue weighted by Gasteiger charge is -2.19. The lowest BCUT2D eigenvalue weighted by Crippen LogP contribution is -2.19. The summed E-state index contributed by atoms with van der Waals surface area (Å²) in [4.78, 5) is 8.42. The van der Waals surface area contributed by atoms with E-state index in [0.717, 1.165) is 30.9 Å². The van der Waals surface area contributed by atoms with E-state index in [0.29, 0.717) is 0 Å². The number of anilines is 1. The lowest BCUT2D eigenvalue weighted by molar-refractivity contribution is 0.442. The zero-order chi connectivity index (χ0) is 11.3. The molecular weight excluding hydrogens is 186 g/mol. The second-order valence-electron chi connectivity index (χ2n) is 5.06. The van der Waals surface area contributed by atoms with Crippen LogP contribution in [0.2, 0.25) is 0 Å². The highest BCUT2D eigenvalue weighted by molar-refractivity contribution is 5.34. The van der Waals surface area contributed by atoms with Gasteiger partial charge in [0, 0.05) is 18.3 Å². The molecule has 3 nitrogen and oxygen atoms in total. The molecule has 0 atom stereocenters. The molecule has 0 amide bonds. The van der Waals surface area contributed by atoms with Crippen molar-refractivity contribution in [3.8, 4) is 0 Å². The number of aryl methyl sites for hydroxylation is 1. The Morgan fingerprint density at radius 1 is 1.27 bits per heavy atom. The first kappa shape index (κ1) is 12.0. The van der Waals surface area contributed by atoms with Crippen LogP contribution in [-0.4, -0.2) is 16.5 Å². The van der Waals surface area contributed by atoms with E-state index in [4.69, 9.17) is 0 Å². The fraction of sp³-hybridized carbons (Fsp3) is 0.667. The zero-order valence-electron chi connectivity index (χ0n) is 10.2. The van der Waals surface area contributed by atoms with E-state index in [9.17, 15) is 0 Å². The molecule has 0 saturated carbocycles. The average molecular weight is 207 g/mol. The Bertz CT molecular complexity index is 302. The number of hydrogen-bond acceptors (Lipinski definition) is 3. The molecule has 1 heterocycles. The fourth-order valence-electron chi connectivity index (χ4n) is 1.24. The molecule has 0 bridgehead atoms. The summed E-state index contributed by atoms with van der Waals surface area (Å²) >= 11 is 0. The second-order valence-corrected chi connectivity index (χ2v) is 5.06. The smallest absolute Gasteiger partial charge is 0.129 e. The standard InChI is InChI=1S/C12H21N3/c1-5-6-10-7-11(15-9-14-10)13-8-12(2,3)4/h7,9H,5-6,8H2,1-4H3,(H,13,14,15). The first-order valence-corrected chi connectivity index (χ1v) is 5.56. The largest absolute Gasteiger partial charge is 0.369 e. The van der Waals surface area contributed by atoms with E-state index in [1.807, 2.05) is 6.07 Å². The van der Waals surface area contributed by atoms with Crippen molar-refractivity contribution in [2.45, 2.75) is 40.5 Å². The third-order valence-electron chi connectivity index (χ3n) is 2.03. The Hall–Kier alpha value is -1.12. The van der Waals surface area contributed by atoms with Crippen LogP contribution in [0.1, 0.15) is 39.8 Å². The van der Waals surface area contributed by atoms with Gasteiger partial charge >= 0.3 is 0 Å². The van der Waals surface area contributed by atoms with Crippen molar-refractivity contribution in [3.05, 3.63) is 18.1 Å². The van der Waals surface area contributed by atoms with Gasteiger partial charge in [-0.25, -0.2) is 9.97 Å². The molecule has 0 unspecified atom stereocenters. The highest BCUT2D eigenvalue weighted by Gasteiger charge is 2.09. The minimum absolute atomic E-state index is 0.274. The average Bonchev–Trinajstić information content (AvgIpc) is 2.15. The van der Waals surface area contributed by atoms with Crippen molar-refractivity contribution in [3.63, 3.8) is 0 Å². The van der Waals surface area contributed by atoms with Crippen LogP contribution in [-0.2, 0) is 6.42 Å². The Morgan fingerprint density at radius 3 is 2.60 bits per heavy atom. The van der Waals surface area contributed by atoms with Crippen molar-refractivity contribution in [2.75, 3.05) is 11.9 Å². The summed E-state index contributed by atoms with van der Waals surface area (Å²) in [6, 6.07) is 2.04. The second kappa shape index (κ2) is 5.10. The van der Waals surface area contributed by atoms with Crippen LogP contribution in [0.5, 0.6) is 0 Å². The number of hydrogen-bond donors (Lipinski definition) is 1. The van der Waals surface area contributed by atoms with E-state index in [-0.39, 0.29) is 5.41 Å². The quantitative estimate of drug-likeness (QED) is 0.825. The predicted octanol–water partition coefficient (Wildman–Crippen LogP) is 2.89. The van der Waals surface area contributed by atoms with Crippen LogP contribution in [0.25, 0.3) is 0 Å². The van der Waals surface area contributed by atoms with E-state index >= 15 is 0 Å². The number of nitrogens with one attached hydrogen (secondary N) is 1. The molecule has 1 N–H and O–H groups in total. The Morgan fingerprint density at radius 2 is 2.00 bits per heavy atom. The number of rotatable bonds is 4. The van der Waals surface area contributed by atoms with Gasteiger partial charge in [-0.15, -0.1) is 0 Å². The first-order chi connectivity index (χ1) is 7.01.